The summed E-state index contributed by atoms with van der Waals surface area (Å²) in [7, 11) is 0. The van der Waals surface area contributed by atoms with E-state index in [9.17, 15) is 4.79 Å². The number of benzene rings is 1. The number of hydrogen-bond donors (Lipinski definition) is 3. The number of aromatic nitrogens is 1. The standard InChI is InChI=1S/C13H12N4O/c14-12(15)9-4-6-10(7-5-9)13(18)17-11-3-1-2-8-16-11/h1-8H,(H3,14,15)(H,16,17,18). The molecule has 0 fully saturated rings. The number of nitrogen functional groups attached to an aromatic ring is 1. The van der Waals surface area contributed by atoms with E-state index in [2.05, 4.69) is 10.3 Å². The van der Waals surface area contributed by atoms with Crippen LogP contribution in [0.2, 0.25) is 0 Å². The lowest BCUT2D eigenvalue weighted by Crippen LogP contribution is -2.14. The Morgan fingerprint density at radius 3 is 2.33 bits per heavy atom. The second-order valence-corrected chi connectivity index (χ2v) is 3.66. The molecule has 1 amide bonds. The van der Waals surface area contributed by atoms with Gasteiger partial charge in [-0.15, -0.1) is 0 Å². The van der Waals surface area contributed by atoms with E-state index < -0.39 is 0 Å². The molecule has 0 aliphatic carbocycles. The molecule has 0 atom stereocenters. The number of rotatable bonds is 3. The summed E-state index contributed by atoms with van der Waals surface area (Å²) >= 11 is 0. The van der Waals surface area contributed by atoms with Crippen molar-refractivity contribution in [2.24, 2.45) is 5.73 Å². The lowest BCUT2D eigenvalue weighted by molar-refractivity contribution is 0.102. The Balaban J connectivity index is 2.12. The molecular weight excluding hydrogens is 228 g/mol. The van der Waals surface area contributed by atoms with Gasteiger partial charge in [0.2, 0.25) is 0 Å². The molecule has 1 aromatic carbocycles. The van der Waals surface area contributed by atoms with Crippen molar-refractivity contribution in [1.29, 1.82) is 5.41 Å². The number of amidine groups is 1. The van der Waals surface area contributed by atoms with Crippen LogP contribution in [0.1, 0.15) is 15.9 Å². The maximum Gasteiger partial charge on any atom is 0.256 e. The first-order valence-corrected chi connectivity index (χ1v) is 5.33. The van der Waals surface area contributed by atoms with Crippen LogP contribution in [0, 0.1) is 5.41 Å². The number of pyridine rings is 1. The fourth-order valence-electron chi connectivity index (χ4n) is 1.43. The van der Waals surface area contributed by atoms with E-state index in [-0.39, 0.29) is 11.7 Å². The van der Waals surface area contributed by atoms with Crippen LogP contribution in [0.4, 0.5) is 5.82 Å². The highest BCUT2D eigenvalue weighted by molar-refractivity contribution is 6.04. The van der Waals surface area contributed by atoms with Gasteiger partial charge in [-0.25, -0.2) is 4.98 Å². The summed E-state index contributed by atoms with van der Waals surface area (Å²) in [4.78, 5) is 15.9. The Kier molecular flexibility index (Phi) is 3.33. The third kappa shape index (κ3) is 2.70. The smallest absolute Gasteiger partial charge is 0.256 e. The van der Waals surface area contributed by atoms with Crippen molar-refractivity contribution in [3.8, 4) is 0 Å². The molecule has 0 saturated carbocycles. The number of nitrogens with zero attached hydrogens (tertiary/aromatic N) is 1. The maximum absolute atomic E-state index is 11.9. The largest absolute Gasteiger partial charge is 0.384 e. The Hall–Kier alpha value is -2.69. The Morgan fingerprint density at radius 1 is 1.11 bits per heavy atom. The van der Waals surface area contributed by atoms with Gasteiger partial charge >= 0.3 is 0 Å². The van der Waals surface area contributed by atoms with E-state index in [0.29, 0.717) is 16.9 Å². The summed E-state index contributed by atoms with van der Waals surface area (Å²) in [5, 5.41) is 9.93. The number of nitrogens with one attached hydrogen (secondary N) is 2. The number of hydrogen-bond acceptors (Lipinski definition) is 3. The molecule has 5 nitrogen and oxygen atoms in total. The van der Waals surface area contributed by atoms with Crippen molar-refractivity contribution >= 4 is 17.6 Å². The molecule has 2 aromatic rings. The Labute approximate surface area is 104 Å². The molecule has 0 bridgehead atoms. The molecule has 0 radical (unpaired) electrons. The molecule has 0 aliphatic rings. The fourth-order valence-corrected chi connectivity index (χ4v) is 1.43. The normalized spacial score (nSPS) is 9.78. The van der Waals surface area contributed by atoms with Gasteiger partial charge < -0.3 is 11.1 Å². The molecule has 1 heterocycles. The second-order valence-electron chi connectivity index (χ2n) is 3.66. The maximum atomic E-state index is 11.9. The Morgan fingerprint density at radius 2 is 1.78 bits per heavy atom. The highest BCUT2D eigenvalue weighted by Gasteiger charge is 2.06. The molecule has 0 spiro atoms. The van der Waals surface area contributed by atoms with Gasteiger partial charge in [-0.3, -0.25) is 10.2 Å². The van der Waals surface area contributed by atoms with Crippen LogP contribution in [0.25, 0.3) is 0 Å². The van der Waals surface area contributed by atoms with Crippen LogP contribution in [0.15, 0.2) is 48.7 Å². The first-order chi connectivity index (χ1) is 8.66. The van der Waals surface area contributed by atoms with Gasteiger partial charge in [0.05, 0.1) is 0 Å². The summed E-state index contributed by atoms with van der Waals surface area (Å²) in [6, 6.07) is 11.8. The highest BCUT2D eigenvalue weighted by Crippen LogP contribution is 2.07. The van der Waals surface area contributed by atoms with Gasteiger partial charge in [-0.1, -0.05) is 18.2 Å². The number of anilines is 1. The van der Waals surface area contributed by atoms with Crippen LogP contribution in [-0.2, 0) is 0 Å². The average molecular weight is 240 g/mol. The van der Waals surface area contributed by atoms with Gasteiger partial charge in [-0.05, 0) is 24.3 Å². The summed E-state index contributed by atoms with van der Waals surface area (Å²) in [5.41, 5.74) is 6.41. The van der Waals surface area contributed by atoms with Crippen molar-refractivity contribution in [2.45, 2.75) is 0 Å². The van der Waals surface area contributed by atoms with Crippen LogP contribution in [-0.4, -0.2) is 16.7 Å². The summed E-state index contributed by atoms with van der Waals surface area (Å²) in [6.07, 6.45) is 1.61. The van der Waals surface area contributed by atoms with Gasteiger partial charge in [0, 0.05) is 17.3 Å². The van der Waals surface area contributed by atoms with E-state index in [1.54, 1.807) is 48.7 Å². The fraction of sp³-hybridized carbons (Fsp3) is 0. The molecule has 0 unspecified atom stereocenters. The molecular formula is C13H12N4O. The number of carbonyl (C=O) groups is 1. The molecule has 4 N–H and O–H groups in total. The predicted octanol–water partition coefficient (Wildman–Crippen LogP) is 1.62. The molecule has 1 aromatic heterocycles. The molecule has 90 valence electrons. The number of amides is 1. The van der Waals surface area contributed by atoms with Gasteiger partial charge in [0.25, 0.3) is 5.91 Å². The van der Waals surface area contributed by atoms with Crippen LogP contribution in [0.5, 0.6) is 0 Å². The summed E-state index contributed by atoms with van der Waals surface area (Å²) in [6.45, 7) is 0. The van der Waals surface area contributed by atoms with E-state index in [4.69, 9.17) is 11.1 Å². The minimum absolute atomic E-state index is 0.0216. The molecule has 5 heteroatoms. The highest BCUT2D eigenvalue weighted by atomic mass is 16.1. The first kappa shape index (κ1) is 11.8. The monoisotopic (exact) mass is 240 g/mol. The zero-order valence-electron chi connectivity index (χ0n) is 9.55. The third-order valence-electron chi connectivity index (χ3n) is 2.36. The quantitative estimate of drug-likeness (QED) is 0.562. The van der Waals surface area contributed by atoms with Crippen LogP contribution in [0.3, 0.4) is 0 Å². The van der Waals surface area contributed by atoms with Gasteiger partial charge in [-0.2, -0.15) is 0 Å². The minimum Gasteiger partial charge on any atom is -0.384 e. The molecule has 0 aliphatic heterocycles. The zero-order valence-corrected chi connectivity index (χ0v) is 9.55. The van der Waals surface area contributed by atoms with Crippen molar-refractivity contribution in [3.63, 3.8) is 0 Å². The average Bonchev–Trinajstić information content (AvgIpc) is 2.40. The number of carbonyl (C=O) groups excluding carboxylic acids is 1. The second kappa shape index (κ2) is 5.09. The predicted molar refractivity (Wildman–Crippen MR) is 69.6 cm³/mol. The van der Waals surface area contributed by atoms with Crippen LogP contribution < -0.4 is 11.1 Å². The van der Waals surface area contributed by atoms with Gasteiger partial charge in [0.1, 0.15) is 11.7 Å². The SMILES string of the molecule is N=C(N)c1ccc(C(=O)Nc2ccccn2)cc1. The van der Waals surface area contributed by atoms with Crippen LogP contribution >= 0.6 is 0 Å². The first-order valence-electron chi connectivity index (χ1n) is 5.33. The zero-order chi connectivity index (χ0) is 13.0. The van der Waals surface area contributed by atoms with E-state index in [1.165, 1.54) is 0 Å². The van der Waals surface area contributed by atoms with Crippen molar-refractivity contribution < 1.29 is 4.79 Å². The van der Waals surface area contributed by atoms with Crippen molar-refractivity contribution in [1.82, 2.24) is 4.98 Å². The molecule has 0 saturated heterocycles. The third-order valence-corrected chi connectivity index (χ3v) is 2.36. The summed E-state index contributed by atoms with van der Waals surface area (Å²) < 4.78 is 0. The topological polar surface area (TPSA) is 91.9 Å². The van der Waals surface area contributed by atoms with E-state index in [1.807, 2.05) is 0 Å². The molecule has 18 heavy (non-hydrogen) atoms. The van der Waals surface area contributed by atoms with E-state index in [0.717, 1.165) is 0 Å². The van der Waals surface area contributed by atoms with Gasteiger partial charge in [0.15, 0.2) is 0 Å². The Bertz CT molecular complexity index is 563. The minimum atomic E-state index is -0.246. The molecule has 2 rings (SSSR count). The van der Waals surface area contributed by atoms with Crippen molar-refractivity contribution in [2.75, 3.05) is 5.32 Å². The summed E-state index contributed by atoms with van der Waals surface area (Å²) in [5.74, 6) is 0.230. The van der Waals surface area contributed by atoms with E-state index >= 15 is 0 Å². The lowest BCUT2D eigenvalue weighted by atomic mass is 10.1. The van der Waals surface area contributed by atoms with Crippen molar-refractivity contribution in [3.05, 3.63) is 59.8 Å². The number of nitrogens with two attached hydrogens (primary N) is 1. The lowest BCUT2D eigenvalue weighted by Gasteiger charge is -2.04.